The summed E-state index contributed by atoms with van der Waals surface area (Å²) < 4.78 is 0. The van der Waals surface area contributed by atoms with Gasteiger partial charge in [0.2, 0.25) is 0 Å². The summed E-state index contributed by atoms with van der Waals surface area (Å²) in [6.07, 6.45) is 5.76. The molecule has 3 rings (SSSR count). The number of benzene rings is 1. The first kappa shape index (κ1) is 11.0. The molecular formula is C15H14N2O. The quantitative estimate of drug-likeness (QED) is 0.893. The van der Waals surface area contributed by atoms with Gasteiger partial charge in [-0.1, -0.05) is 18.2 Å². The van der Waals surface area contributed by atoms with Gasteiger partial charge < -0.3 is 5.32 Å². The van der Waals surface area contributed by atoms with E-state index in [0.29, 0.717) is 11.6 Å². The Kier molecular flexibility index (Phi) is 2.81. The lowest BCUT2D eigenvalue weighted by molar-refractivity contribution is 0.0951. The second-order valence-corrected chi connectivity index (χ2v) is 4.57. The van der Waals surface area contributed by atoms with Crippen LogP contribution in [0.4, 0.5) is 0 Å². The largest absolute Gasteiger partial charge is 0.349 e. The van der Waals surface area contributed by atoms with Gasteiger partial charge in [0.05, 0.1) is 0 Å². The molecule has 0 saturated heterocycles. The molecule has 0 bridgehead atoms. The summed E-state index contributed by atoms with van der Waals surface area (Å²) >= 11 is 0. The van der Waals surface area contributed by atoms with Crippen LogP contribution in [0.1, 0.15) is 23.2 Å². The minimum Gasteiger partial charge on any atom is -0.349 e. The first-order valence-corrected chi connectivity index (χ1v) is 6.14. The number of amides is 1. The molecule has 1 saturated carbocycles. The third-order valence-electron chi connectivity index (χ3n) is 3.03. The van der Waals surface area contributed by atoms with Crippen molar-refractivity contribution < 1.29 is 4.79 Å². The van der Waals surface area contributed by atoms with Crippen molar-refractivity contribution in [2.24, 2.45) is 0 Å². The van der Waals surface area contributed by atoms with Crippen LogP contribution >= 0.6 is 0 Å². The molecule has 0 unspecified atom stereocenters. The minimum absolute atomic E-state index is 0.0169. The maximum absolute atomic E-state index is 12.0. The van der Waals surface area contributed by atoms with Crippen LogP contribution in [0, 0.1) is 0 Å². The van der Waals surface area contributed by atoms with Crippen molar-refractivity contribution in [2.75, 3.05) is 0 Å². The zero-order valence-corrected chi connectivity index (χ0v) is 9.97. The number of aromatic nitrogens is 1. The van der Waals surface area contributed by atoms with Crippen molar-refractivity contribution in [3.05, 3.63) is 54.4 Å². The molecule has 1 aromatic heterocycles. The molecule has 2 aromatic rings. The Bertz CT molecular complexity index is 562. The highest BCUT2D eigenvalue weighted by Gasteiger charge is 2.23. The smallest absolute Gasteiger partial charge is 0.251 e. The molecule has 1 aromatic carbocycles. The van der Waals surface area contributed by atoms with Crippen LogP contribution in [0.15, 0.2) is 48.8 Å². The fourth-order valence-electron chi connectivity index (χ4n) is 1.87. The van der Waals surface area contributed by atoms with Gasteiger partial charge in [0.1, 0.15) is 0 Å². The number of nitrogens with one attached hydrogen (secondary N) is 1. The number of hydrogen-bond acceptors (Lipinski definition) is 2. The molecule has 0 aliphatic heterocycles. The van der Waals surface area contributed by atoms with Crippen LogP contribution in [0.25, 0.3) is 11.1 Å². The van der Waals surface area contributed by atoms with E-state index in [0.717, 1.165) is 24.0 Å². The Hall–Kier alpha value is -2.16. The first-order chi connectivity index (χ1) is 8.83. The van der Waals surface area contributed by atoms with Gasteiger partial charge in [-0.3, -0.25) is 9.78 Å². The van der Waals surface area contributed by atoms with E-state index < -0.39 is 0 Å². The zero-order chi connectivity index (χ0) is 12.4. The number of rotatable bonds is 3. The molecule has 3 nitrogen and oxygen atoms in total. The monoisotopic (exact) mass is 238 g/mol. The van der Waals surface area contributed by atoms with Crippen molar-refractivity contribution in [3.63, 3.8) is 0 Å². The van der Waals surface area contributed by atoms with Crippen LogP contribution in [0.2, 0.25) is 0 Å². The molecule has 1 heterocycles. The fraction of sp³-hybridized carbons (Fsp3) is 0.200. The predicted octanol–water partition coefficient (Wildman–Crippen LogP) is 2.64. The molecule has 1 amide bonds. The molecule has 1 N–H and O–H groups in total. The zero-order valence-electron chi connectivity index (χ0n) is 9.97. The molecule has 1 aliphatic carbocycles. The summed E-state index contributed by atoms with van der Waals surface area (Å²) in [4.78, 5) is 16.0. The standard InChI is InChI=1S/C15H14N2O/c18-15(17-14-6-7-14)12-4-1-3-11(9-12)13-5-2-8-16-10-13/h1-5,8-10,14H,6-7H2,(H,17,18). The highest BCUT2D eigenvalue weighted by molar-refractivity contribution is 5.95. The van der Waals surface area contributed by atoms with Gasteiger partial charge in [-0.2, -0.15) is 0 Å². The summed E-state index contributed by atoms with van der Waals surface area (Å²) in [5.74, 6) is 0.0169. The fourth-order valence-corrected chi connectivity index (χ4v) is 1.87. The Morgan fingerprint density at radius 3 is 2.72 bits per heavy atom. The Morgan fingerprint density at radius 2 is 2.00 bits per heavy atom. The lowest BCUT2D eigenvalue weighted by atomic mass is 10.0. The molecule has 0 radical (unpaired) electrons. The number of carbonyl (C=O) groups excluding carboxylic acids is 1. The highest BCUT2D eigenvalue weighted by atomic mass is 16.1. The van der Waals surface area contributed by atoms with E-state index in [-0.39, 0.29) is 5.91 Å². The van der Waals surface area contributed by atoms with Gasteiger partial charge in [-0.05, 0) is 36.6 Å². The van der Waals surface area contributed by atoms with E-state index >= 15 is 0 Å². The normalized spacial score (nSPS) is 14.2. The molecule has 3 heteroatoms. The molecule has 1 aliphatic rings. The average molecular weight is 238 g/mol. The summed E-state index contributed by atoms with van der Waals surface area (Å²) in [6.45, 7) is 0. The number of carbonyl (C=O) groups is 1. The van der Waals surface area contributed by atoms with E-state index in [9.17, 15) is 4.79 Å². The van der Waals surface area contributed by atoms with Crippen molar-refractivity contribution in [3.8, 4) is 11.1 Å². The second-order valence-electron chi connectivity index (χ2n) is 4.57. The SMILES string of the molecule is O=C(NC1CC1)c1cccc(-c2cccnc2)c1. The summed E-state index contributed by atoms with van der Waals surface area (Å²) in [5.41, 5.74) is 2.76. The average Bonchev–Trinajstić information content (AvgIpc) is 3.24. The van der Waals surface area contributed by atoms with Gasteiger partial charge in [0.15, 0.2) is 0 Å². The van der Waals surface area contributed by atoms with Crippen LogP contribution in [-0.4, -0.2) is 16.9 Å². The number of pyridine rings is 1. The van der Waals surface area contributed by atoms with E-state index in [1.165, 1.54) is 0 Å². The van der Waals surface area contributed by atoms with Gasteiger partial charge in [0.25, 0.3) is 5.91 Å². The molecule has 1 fully saturated rings. The second kappa shape index (κ2) is 4.61. The Balaban J connectivity index is 1.86. The summed E-state index contributed by atoms with van der Waals surface area (Å²) in [7, 11) is 0. The van der Waals surface area contributed by atoms with E-state index in [4.69, 9.17) is 0 Å². The molecular weight excluding hydrogens is 224 g/mol. The van der Waals surface area contributed by atoms with Crippen LogP contribution in [0.5, 0.6) is 0 Å². The number of nitrogens with zero attached hydrogens (tertiary/aromatic N) is 1. The third kappa shape index (κ3) is 2.40. The lowest BCUT2D eigenvalue weighted by Crippen LogP contribution is -2.25. The van der Waals surface area contributed by atoms with Crippen molar-refractivity contribution >= 4 is 5.91 Å². The summed E-state index contributed by atoms with van der Waals surface area (Å²) in [6, 6.07) is 11.9. The van der Waals surface area contributed by atoms with E-state index in [1.54, 1.807) is 12.4 Å². The molecule has 18 heavy (non-hydrogen) atoms. The highest BCUT2D eigenvalue weighted by Crippen LogP contribution is 2.21. The molecule has 90 valence electrons. The lowest BCUT2D eigenvalue weighted by Gasteiger charge is -2.06. The Labute approximate surface area is 106 Å². The Morgan fingerprint density at radius 1 is 1.17 bits per heavy atom. The number of hydrogen-bond donors (Lipinski definition) is 1. The van der Waals surface area contributed by atoms with Gasteiger partial charge in [-0.25, -0.2) is 0 Å². The van der Waals surface area contributed by atoms with Crippen molar-refractivity contribution in [1.82, 2.24) is 10.3 Å². The minimum atomic E-state index is 0.0169. The molecule has 0 spiro atoms. The molecule has 0 atom stereocenters. The van der Waals surface area contributed by atoms with Crippen molar-refractivity contribution in [2.45, 2.75) is 18.9 Å². The first-order valence-electron chi connectivity index (χ1n) is 6.14. The van der Waals surface area contributed by atoms with E-state index in [2.05, 4.69) is 10.3 Å². The van der Waals surface area contributed by atoms with Gasteiger partial charge in [0, 0.05) is 29.6 Å². The van der Waals surface area contributed by atoms with Crippen LogP contribution < -0.4 is 5.32 Å². The summed E-state index contributed by atoms with van der Waals surface area (Å²) in [5, 5.41) is 2.99. The maximum Gasteiger partial charge on any atom is 0.251 e. The van der Waals surface area contributed by atoms with Gasteiger partial charge in [-0.15, -0.1) is 0 Å². The predicted molar refractivity (Wildman–Crippen MR) is 70.2 cm³/mol. The van der Waals surface area contributed by atoms with Crippen molar-refractivity contribution in [1.29, 1.82) is 0 Å². The topological polar surface area (TPSA) is 42.0 Å². The van der Waals surface area contributed by atoms with Gasteiger partial charge >= 0.3 is 0 Å². The van der Waals surface area contributed by atoms with Crippen LogP contribution in [-0.2, 0) is 0 Å². The van der Waals surface area contributed by atoms with Crippen LogP contribution in [0.3, 0.4) is 0 Å². The van der Waals surface area contributed by atoms with E-state index in [1.807, 2.05) is 36.4 Å². The third-order valence-corrected chi connectivity index (χ3v) is 3.03. The maximum atomic E-state index is 12.0.